The Bertz CT molecular complexity index is 1370. The Labute approximate surface area is 215 Å². The Morgan fingerprint density at radius 3 is 2.66 bits per heavy atom. The SMILES string of the molecule is COc1cc(/C=C(\C#N)C(=O)Nc2cccc(Cl)c2C)c(Br)cc1OCc1cccc([N+](=O)[O-])c1. The van der Waals surface area contributed by atoms with E-state index >= 15 is 0 Å². The Balaban J connectivity index is 1.83. The van der Waals surface area contributed by atoms with E-state index in [-0.39, 0.29) is 17.9 Å². The van der Waals surface area contributed by atoms with Crippen LogP contribution in [0.25, 0.3) is 6.08 Å². The first-order chi connectivity index (χ1) is 16.7. The molecule has 0 aliphatic heterocycles. The molecule has 1 amide bonds. The van der Waals surface area contributed by atoms with Crippen LogP contribution in [-0.4, -0.2) is 17.9 Å². The number of nitro groups is 1. The second-order valence-electron chi connectivity index (χ2n) is 7.28. The zero-order chi connectivity index (χ0) is 25.5. The average molecular weight is 557 g/mol. The number of methoxy groups -OCH3 is 1. The third-order valence-electron chi connectivity index (χ3n) is 4.98. The monoisotopic (exact) mass is 555 g/mol. The normalized spacial score (nSPS) is 10.9. The quantitative estimate of drug-likeness (QED) is 0.148. The summed E-state index contributed by atoms with van der Waals surface area (Å²) in [5, 5.41) is 23.8. The van der Waals surface area contributed by atoms with E-state index in [0.29, 0.717) is 43.4 Å². The lowest BCUT2D eigenvalue weighted by Gasteiger charge is -2.13. The minimum absolute atomic E-state index is 0.0324. The molecule has 0 bridgehead atoms. The number of amides is 1. The van der Waals surface area contributed by atoms with E-state index in [2.05, 4.69) is 21.2 Å². The molecule has 1 N–H and O–H groups in total. The van der Waals surface area contributed by atoms with Crippen molar-refractivity contribution in [2.45, 2.75) is 13.5 Å². The number of ether oxygens (including phenoxy) is 2. The van der Waals surface area contributed by atoms with Gasteiger partial charge in [-0.3, -0.25) is 14.9 Å². The molecule has 3 aromatic carbocycles. The minimum Gasteiger partial charge on any atom is -0.493 e. The molecule has 0 atom stereocenters. The molecule has 0 saturated heterocycles. The summed E-state index contributed by atoms with van der Waals surface area (Å²) in [5.74, 6) is 0.142. The van der Waals surface area contributed by atoms with Crippen LogP contribution >= 0.6 is 27.5 Å². The fraction of sp³-hybridized carbons (Fsp3) is 0.120. The fourth-order valence-electron chi connectivity index (χ4n) is 3.09. The lowest BCUT2D eigenvalue weighted by Crippen LogP contribution is -2.14. The average Bonchev–Trinajstić information content (AvgIpc) is 2.84. The predicted octanol–water partition coefficient (Wildman–Crippen LogP) is 6.45. The number of nitrogens with one attached hydrogen (secondary N) is 1. The maximum absolute atomic E-state index is 12.7. The molecule has 3 rings (SSSR count). The van der Waals surface area contributed by atoms with Crippen molar-refractivity contribution in [2.75, 3.05) is 12.4 Å². The summed E-state index contributed by atoms with van der Waals surface area (Å²) in [6.45, 7) is 1.84. The van der Waals surface area contributed by atoms with Gasteiger partial charge >= 0.3 is 0 Å². The van der Waals surface area contributed by atoms with Crippen LogP contribution in [0.15, 0.2) is 64.6 Å². The number of benzene rings is 3. The van der Waals surface area contributed by atoms with Crippen LogP contribution in [0, 0.1) is 28.4 Å². The van der Waals surface area contributed by atoms with Crippen molar-refractivity contribution in [3.05, 3.63) is 96.5 Å². The minimum atomic E-state index is -0.588. The largest absolute Gasteiger partial charge is 0.493 e. The van der Waals surface area contributed by atoms with Gasteiger partial charge in [0.1, 0.15) is 18.2 Å². The summed E-state index contributed by atoms with van der Waals surface area (Å²) in [6, 6.07) is 16.4. The summed E-state index contributed by atoms with van der Waals surface area (Å²) in [7, 11) is 1.46. The summed E-state index contributed by atoms with van der Waals surface area (Å²) >= 11 is 9.54. The zero-order valence-corrected chi connectivity index (χ0v) is 21.0. The van der Waals surface area contributed by atoms with Gasteiger partial charge in [0.25, 0.3) is 11.6 Å². The molecule has 0 unspecified atom stereocenters. The molecular formula is C25H19BrClN3O5. The van der Waals surface area contributed by atoms with Crippen LogP contribution in [0.3, 0.4) is 0 Å². The number of hydrogen-bond donors (Lipinski definition) is 1. The molecule has 0 aliphatic carbocycles. The topological polar surface area (TPSA) is 114 Å². The van der Waals surface area contributed by atoms with Gasteiger partial charge in [-0.25, -0.2) is 0 Å². The maximum Gasteiger partial charge on any atom is 0.269 e. The Kier molecular flexibility index (Phi) is 8.47. The molecule has 0 heterocycles. The lowest BCUT2D eigenvalue weighted by molar-refractivity contribution is -0.384. The van der Waals surface area contributed by atoms with Crippen LogP contribution in [0.4, 0.5) is 11.4 Å². The van der Waals surface area contributed by atoms with Crippen LogP contribution in [0.5, 0.6) is 11.5 Å². The molecular weight excluding hydrogens is 538 g/mol. The van der Waals surface area contributed by atoms with Gasteiger partial charge < -0.3 is 14.8 Å². The molecule has 0 radical (unpaired) electrons. The first kappa shape index (κ1) is 25.7. The van der Waals surface area contributed by atoms with Crippen LogP contribution in [-0.2, 0) is 11.4 Å². The van der Waals surface area contributed by atoms with E-state index in [1.165, 1.54) is 25.3 Å². The first-order valence-electron chi connectivity index (χ1n) is 10.2. The van der Waals surface area contributed by atoms with Gasteiger partial charge in [-0.1, -0.05) is 45.7 Å². The van der Waals surface area contributed by atoms with Crippen molar-refractivity contribution < 1.29 is 19.2 Å². The zero-order valence-electron chi connectivity index (χ0n) is 18.7. The third-order valence-corrected chi connectivity index (χ3v) is 6.08. The van der Waals surface area contributed by atoms with E-state index in [4.69, 9.17) is 21.1 Å². The number of halogens is 2. The highest BCUT2D eigenvalue weighted by atomic mass is 79.9. The Morgan fingerprint density at radius 2 is 1.97 bits per heavy atom. The number of rotatable bonds is 8. The number of non-ortho nitro benzene ring substituents is 1. The van der Waals surface area contributed by atoms with Crippen molar-refractivity contribution in [3.63, 3.8) is 0 Å². The van der Waals surface area contributed by atoms with Crippen molar-refractivity contribution in [1.82, 2.24) is 0 Å². The first-order valence-corrected chi connectivity index (χ1v) is 11.3. The number of hydrogen-bond acceptors (Lipinski definition) is 6. The standard InChI is InChI=1S/C25H19BrClN3O5/c1-15-21(27)7-4-8-22(15)29-25(31)18(13-28)10-17-11-23(34-2)24(12-20(17)26)35-14-16-5-3-6-19(9-16)30(32)33/h3-12H,14H2,1-2H3,(H,29,31)/b18-10+. The second kappa shape index (κ2) is 11.5. The number of carbonyl (C=O) groups is 1. The summed E-state index contributed by atoms with van der Waals surface area (Å²) in [4.78, 5) is 23.2. The van der Waals surface area contributed by atoms with Crippen molar-refractivity contribution in [3.8, 4) is 17.6 Å². The number of anilines is 1. The summed E-state index contributed by atoms with van der Waals surface area (Å²) < 4.78 is 11.8. The van der Waals surface area contributed by atoms with Crippen molar-refractivity contribution >= 4 is 50.9 Å². The number of nitro benzene ring substituents is 1. The molecule has 3 aromatic rings. The Hall–Kier alpha value is -3.87. The predicted molar refractivity (Wildman–Crippen MR) is 137 cm³/mol. The second-order valence-corrected chi connectivity index (χ2v) is 8.54. The van der Waals surface area contributed by atoms with Crippen LogP contribution in [0.2, 0.25) is 5.02 Å². The van der Waals surface area contributed by atoms with Crippen molar-refractivity contribution in [2.24, 2.45) is 0 Å². The smallest absolute Gasteiger partial charge is 0.269 e. The van der Waals surface area contributed by atoms with Crippen LogP contribution in [0.1, 0.15) is 16.7 Å². The number of carbonyl (C=O) groups excluding carboxylic acids is 1. The Morgan fingerprint density at radius 1 is 1.23 bits per heavy atom. The number of nitrogens with zero attached hydrogens (tertiary/aromatic N) is 2. The molecule has 178 valence electrons. The molecule has 10 heteroatoms. The maximum atomic E-state index is 12.7. The summed E-state index contributed by atoms with van der Waals surface area (Å²) in [6.07, 6.45) is 1.42. The molecule has 35 heavy (non-hydrogen) atoms. The van der Waals surface area contributed by atoms with Gasteiger partial charge in [0, 0.05) is 27.3 Å². The van der Waals surface area contributed by atoms with E-state index in [0.717, 1.165) is 0 Å². The highest BCUT2D eigenvalue weighted by molar-refractivity contribution is 9.10. The molecule has 0 fully saturated rings. The van der Waals surface area contributed by atoms with Gasteiger partial charge in [0.2, 0.25) is 0 Å². The van der Waals surface area contributed by atoms with E-state index in [9.17, 15) is 20.2 Å². The fourth-order valence-corrected chi connectivity index (χ4v) is 3.70. The summed E-state index contributed by atoms with van der Waals surface area (Å²) in [5.41, 5.74) is 2.16. The molecule has 8 nitrogen and oxygen atoms in total. The number of nitriles is 1. The van der Waals surface area contributed by atoms with Gasteiger partial charge in [-0.2, -0.15) is 5.26 Å². The molecule has 0 spiro atoms. The lowest BCUT2D eigenvalue weighted by atomic mass is 10.1. The van der Waals surface area contributed by atoms with E-state index in [1.54, 1.807) is 49.4 Å². The van der Waals surface area contributed by atoms with E-state index < -0.39 is 10.8 Å². The van der Waals surface area contributed by atoms with Crippen molar-refractivity contribution in [1.29, 1.82) is 5.26 Å². The third kappa shape index (κ3) is 6.38. The van der Waals surface area contributed by atoms with Gasteiger partial charge in [0.05, 0.1) is 12.0 Å². The van der Waals surface area contributed by atoms with Gasteiger partial charge in [-0.15, -0.1) is 0 Å². The van der Waals surface area contributed by atoms with E-state index in [1.807, 2.05) is 6.07 Å². The van der Waals surface area contributed by atoms with Crippen LogP contribution < -0.4 is 14.8 Å². The molecule has 0 aromatic heterocycles. The molecule has 0 aliphatic rings. The van der Waals surface area contributed by atoms with Gasteiger partial charge in [0.15, 0.2) is 11.5 Å². The molecule has 0 saturated carbocycles. The van der Waals surface area contributed by atoms with Gasteiger partial charge in [-0.05, 0) is 54.0 Å². The highest BCUT2D eigenvalue weighted by Crippen LogP contribution is 2.35. The highest BCUT2D eigenvalue weighted by Gasteiger charge is 2.15.